The van der Waals surface area contributed by atoms with Gasteiger partial charge in [0.2, 0.25) is 5.91 Å². The van der Waals surface area contributed by atoms with Crippen molar-refractivity contribution in [2.75, 3.05) is 11.9 Å². The van der Waals surface area contributed by atoms with Crippen LogP contribution in [0, 0.1) is 12.8 Å². The second-order valence-corrected chi connectivity index (χ2v) is 12.6. The van der Waals surface area contributed by atoms with Gasteiger partial charge in [0.05, 0.1) is 10.7 Å². The summed E-state index contributed by atoms with van der Waals surface area (Å²) in [6.07, 6.45) is 6.52. The Hall–Kier alpha value is -3.32. The fraction of sp³-hybridized carbons (Fsp3) is 0.514. The molecule has 0 aliphatic heterocycles. The third-order valence-corrected chi connectivity index (χ3v) is 7.74. The number of carbonyl (C=O) groups is 3. The van der Waals surface area contributed by atoms with Crippen molar-refractivity contribution in [3.63, 3.8) is 0 Å². The zero-order chi connectivity index (χ0) is 32.2. The number of ether oxygens (including phenoxy) is 1. The van der Waals surface area contributed by atoms with Gasteiger partial charge in [0.25, 0.3) is 5.91 Å². The van der Waals surface area contributed by atoms with Gasteiger partial charge in [-0.25, -0.2) is 4.79 Å². The molecule has 0 bridgehead atoms. The molecule has 0 saturated carbocycles. The topological polar surface area (TPSA) is 87.7 Å². The summed E-state index contributed by atoms with van der Waals surface area (Å²) in [6, 6.07) is 11.0. The monoisotopic (exact) mass is 611 g/mol. The van der Waals surface area contributed by atoms with E-state index in [1.54, 1.807) is 37.8 Å². The van der Waals surface area contributed by atoms with Gasteiger partial charge >= 0.3 is 6.09 Å². The average Bonchev–Trinajstić information content (AvgIpc) is 2.95. The van der Waals surface area contributed by atoms with Crippen molar-refractivity contribution in [1.82, 2.24) is 10.2 Å². The van der Waals surface area contributed by atoms with Gasteiger partial charge < -0.3 is 20.3 Å². The third kappa shape index (κ3) is 11.0. The predicted octanol–water partition coefficient (Wildman–Crippen LogP) is 8.71. The lowest BCUT2D eigenvalue weighted by Crippen LogP contribution is -2.55. The van der Waals surface area contributed by atoms with Gasteiger partial charge in [0.15, 0.2) is 0 Å². The third-order valence-electron chi connectivity index (χ3n) is 7.43. The van der Waals surface area contributed by atoms with Gasteiger partial charge in [0.1, 0.15) is 17.7 Å². The molecule has 0 aromatic heterocycles. The largest absolute Gasteiger partial charge is 0.444 e. The van der Waals surface area contributed by atoms with Gasteiger partial charge in [-0.1, -0.05) is 107 Å². The molecule has 8 heteroatoms. The van der Waals surface area contributed by atoms with Crippen LogP contribution in [-0.4, -0.2) is 41.0 Å². The van der Waals surface area contributed by atoms with E-state index in [0.717, 1.165) is 36.8 Å². The molecule has 0 saturated heterocycles. The van der Waals surface area contributed by atoms with E-state index in [9.17, 15) is 14.4 Å². The van der Waals surface area contributed by atoms with E-state index >= 15 is 0 Å². The molecule has 0 aliphatic carbocycles. The number of anilines is 1. The van der Waals surface area contributed by atoms with E-state index in [1.165, 1.54) is 0 Å². The molecule has 0 aliphatic rings. The number of halogens is 1. The lowest BCUT2D eigenvalue weighted by atomic mass is 9.95. The maximum Gasteiger partial charge on any atom is 0.408 e. The molecule has 2 aromatic carbocycles. The van der Waals surface area contributed by atoms with E-state index in [2.05, 4.69) is 24.1 Å². The smallest absolute Gasteiger partial charge is 0.408 e. The van der Waals surface area contributed by atoms with Crippen LogP contribution in [0.5, 0.6) is 0 Å². The Kier molecular flexibility index (Phi) is 14.3. The number of carbonyl (C=O) groups excluding carboxylic acids is 3. The molecule has 2 aromatic rings. The second-order valence-electron chi connectivity index (χ2n) is 12.2. The van der Waals surface area contributed by atoms with E-state index in [1.807, 2.05) is 57.2 Å². The molecule has 7 nitrogen and oxygen atoms in total. The Bertz CT molecular complexity index is 1220. The van der Waals surface area contributed by atoms with Crippen molar-refractivity contribution in [3.8, 4) is 0 Å². The highest BCUT2D eigenvalue weighted by molar-refractivity contribution is 6.34. The Morgan fingerprint density at radius 3 is 2.33 bits per heavy atom. The van der Waals surface area contributed by atoms with Crippen molar-refractivity contribution >= 4 is 41.3 Å². The number of nitrogens with one attached hydrogen (secondary N) is 2. The molecule has 3 amide bonds. The van der Waals surface area contributed by atoms with Crippen molar-refractivity contribution < 1.29 is 19.1 Å². The first-order valence-electron chi connectivity index (χ1n) is 15.4. The van der Waals surface area contributed by atoms with Crippen LogP contribution in [0.2, 0.25) is 5.02 Å². The summed E-state index contributed by atoms with van der Waals surface area (Å²) in [4.78, 5) is 43.4. The van der Waals surface area contributed by atoms with Crippen LogP contribution in [0.3, 0.4) is 0 Å². The van der Waals surface area contributed by atoms with Gasteiger partial charge in [0, 0.05) is 6.54 Å². The number of rotatable bonds is 15. The molecule has 3 atom stereocenters. The first-order chi connectivity index (χ1) is 20.3. The molecule has 236 valence electrons. The molecular weight excluding hydrogens is 562 g/mol. The zero-order valence-electron chi connectivity index (χ0n) is 27.0. The molecule has 0 radical (unpaired) electrons. The Morgan fingerprint density at radius 1 is 1.05 bits per heavy atom. The van der Waals surface area contributed by atoms with Gasteiger partial charge in [-0.05, 0) is 68.9 Å². The molecular formula is C35H50ClN3O4. The standard InChI is InChI=1S/C35H50ClN3O4/c1-9-12-13-14-15-22-39(33(41)30(24(4)10-2)38-34(42)43-35(6,7)8)31(27-20-17-19-26(11-3)23-27)32(40)37-29-25(5)18-16-21-28(29)36/h11,16-21,23-24,30-31H,3,9-10,12-15,22H2,1-2,4-8H3,(H,37,40)(H,38,42). The van der Waals surface area contributed by atoms with E-state index < -0.39 is 23.8 Å². The molecule has 2 N–H and O–H groups in total. The first-order valence-corrected chi connectivity index (χ1v) is 15.8. The maximum absolute atomic E-state index is 14.6. The number of amides is 3. The highest BCUT2D eigenvalue weighted by Crippen LogP contribution is 2.31. The SMILES string of the molecule is C=Cc1cccc(C(C(=O)Nc2c(C)cccc2Cl)N(CCCCCCC)C(=O)C(NC(=O)OC(C)(C)C)C(C)CC)c1. The van der Waals surface area contributed by atoms with Gasteiger partial charge in [-0.2, -0.15) is 0 Å². The fourth-order valence-corrected chi connectivity index (χ4v) is 5.13. The van der Waals surface area contributed by atoms with Crippen LogP contribution in [0.25, 0.3) is 6.08 Å². The minimum Gasteiger partial charge on any atom is -0.444 e. The highest BCUT2D eigenvalue weighted by atomic mass is 35.5. The average molecular weight is 612 g/mol. The molecule has 0 spiro atoms. The number of alkyl carbamates (subject to hydrolysis) is 1. The number of aryl methyl sites for hydroxylation is 1. The van der Waals surface area contributed by atoms with Gasteiger partial charge in [-0.15, -0.1) is 0 Å². The van der Waals surface area contributed by atoms with Crippen LogP contribution in [0.15, 0.2) is 49.0 Å². The highest BCUT2D eigenvalue weighted by Gasteiger charge is 2.38. The Morgan fingerprint density at radius 2 is 1.72 bits per heavy atom. The maximum atomic E-state index is 14.6. The van der Waals surface area contributed by atoms with Crippen LogP contribution >= 0.6 is 11.6 Å². The predicted molar refractivity (Wildman–Crippen MR) is 177 cm³/mol. The molecule has 43 heavy (non-hydrogen) atoms. The normalized spacial score (nSPS) is 13.4. The molecule has 0 fully saturated rings. The number of hydrogen-bond donors (Lipinski definition) is 2. The lowest BCUT2D eigenvalue weighted by Gasteiger charge is -2.36. The number of nitrogens with zero attached hydrogens (tertiary/aromatic N) is 1. The number of para-hydroxylation sites is 1. The summed E-state index contributed by atoms with van der Waals surface area (Å²) < 4.78 is 5.52. The van der Waals surface area contributed by atoms with E-state index in [-0.39, 0.29) is 17.7 Å². The van der Waals surface area contributed by atoms with Crippen LogP contribution in [0.1, 0.15) is 103 Å². The minimum atomic E-state index is -0.985. The van der Waals surface area contributed by atoms with Crippen LogP contribution in [0.4, 0.5) is 10.5 Å². The number of benzene rings is 2. The zero-order valence-corrected chi connectivity index (χ0v) is 27.7. The van der Waals surface area contributed by atoms with E-state index in [4.69, 9.17) is 16.3 Å². The Labute approximate surface area is 263 Å². The molecule has 0 heterocycles. The number of hydrogen-bond acceptors (Lipinski definition) is 4. The summed E-state index contributed by atoms with van der Waals surface area (Å²) in [6.45, 7) is 17.5. The second kappa shape index (κ2) is 17.1. The minimum absolute atomic E-state index is 0.211. The van der Waals surface area contributed by atoms with Crippen molar-refractivity contribution in [2.45, 2.75) is 105 Å². The Balaban J connectivity index is 2.63. The molecule has 3 unspecified atom stereocenters. The number of unbranched alkanes of at least 4 members (excludes halogenated alkanes) is 4. The van der Waals surface area contributed by atoms with E-state index in [0.29, 0.717) is 35.7 Å². The fourth-order valence-electron chi connectivity index (χ4n) is 4.86. The first kappa shape index (κ1) is 35.9. The van der Waals surface area contributed by atoms with Crippen molar-refractivity contribution in [1.29, 1.82) is 0 Å². The summed E-state index contributed by atoms with van der Waals surface area (Å²) in [5, 5.41) is 6.25. The summed E-state index contributed by atoms with van der Waals surface area (Å²) in [5.41, 5.74) is 2.04. The molecule has 2 rings (SSSR count). The lowest BCUT2D eigenvalue weighted by molar-refractivity contribution is -0.142. The summed E-state index contributed by atoms with van der Waals surface area (Å²) >= 11 is 6.50. The van der Waals surface area contributed by atoms with Crippen LogP contribution in [-0.2, 0) is 14.3 Å². The van der Waals surface area contributed by atoms with Crippen molar-refractivity contribution in [3.05, 3.63) is 70.8 Å². The summed E-state index contributed by atoms with van der Waals surface area (Å²) in [7, 11) is 0. The quantitative estimate of drug-likeness (QED) is 0.197. The van der Waals surface area contributed by atoms with Crippen molar-refractivity contribution in [2.24, 2.45) is 5.92 Å². The summed E-state index contributed by atoms with van der Waals surface area (Å²) in [5.74, 6) is -0.938. The van der Waals surface area contributed by atoms with Crippen LogP contribution < -0.4 is 10.6 Å². The van der Waals surface area contributed by atoms with Gasteiger partial charge in [-0.3, -0.25) is 9.59 Å².